The van der Waals surface area contributed by atoms with Crippen LogP contribution in [0.4, 0.5) is 17.6 Å². The van der Waals surface area contributed by atoms with E-state index >= 15 is 0 Å². The lowest BCUT2D eigenvalue weighted by Crippen LogP contribution is -2.56. The number of halogens is 4. The number of carbonyl (C=O) groups is 4. The minimum atomic E-state index is -3.66. The largest absolute Gasteiger partial charge is 0.465 e. The van der Waals surface area contributed by atoms with Gasteiger partial charge in [-0.15, -0.1) is 0 Å². The number of rotatable bonds is 10. The number of nitrogens with zero attached hydrogens (tertiary/aromatic N) is 1. The second-order valence-corrected chi connectivity index (χ2v) is 6.19. The van der Waals surface area contributed by atoms with Crippen LogP contribution in [0.25, 0.3) is 0 Å². The number of hydrogen-bond acceptors (Lipinski definition) is 8. The maximum absolute atomic E-state index is 13.8. The van der Waals surface area contributed by atoms with E-state index in [1.54, 1.807) is 0 Å². The second-order valence-electron chi connectivity index (χ2n) is 6.19. The van der Waals surface area contributed by atoms with Crippen molar-refractivity contribution >= 4 is 23.7 Å². The average Bonchev–Trinajstić information content (AvgIpc) is 2.66. The Morgan fingerprint density at radius 1 is 0.967 bits per heavy atom. The van der Waals surface area contributed by atoms with E-state index in [1.165, 1.54) is 20.8 Å². The molecule has 12 heteroatoms. The molecule has 1 unspecified atom stereocenters. The van der Waals surface area contributed by atoms with Crippen LogP contribution in [-0.2, 0) is 33.4 Å². The van der Waals surface area contributed by atoms with Crippen LogP contribution in [0.5, 0.6) is 0 Å². The summed E-state index contributed by atoms with van der Waals surface area (Å²) < 4.78 is 68.5. The van der Waals surface area contributed by atoms with Crippen LogP contribution in [0, 0.1) is 5.41 Å². The summed E-state index contributed by atoms with van der Waals surface area (Å²) >= 11 is 0. The zero-order valence-corrected chi connectivity index (χ0v) is 16.7. The molecule has 0 aromatic rings. The first kappa shape index (κ1) is 25.4. The van der Waals surface area contributed by atoms with E-state index in [0.717, 1.165) is 0 Å². The van der Waals surface area contributed by atoms with E-state index in [4.69, 9.17) is 9.47 Å². The minimum Gasteiger partial charge on any atom is -0.465 e. The van der Waals surface area contributed by atoms with E-state index in [0.29, 0.717) is 4.90 Å². The minimum absolute atomic E-state index is 0.107. The highest BCUT2D eigenvalue weighted by molar-refractivity contribution is 6.07. The molecule has 0 aromatic heterocycles. The first-order valence-corrected chi connectivity index (χ1v) is 9.14. The lowest BCUT2D eigenvalue weighted by atomic mass is 9.73. The molecule has 0 N–H and O–H groups in total. The van der Waals surface area contributed by atoms with Gasteiger partial charge >= 0.3 is 17.9 Å². The third-order valence-corrected chi connectivity index (χ3v) is 4.28. The van der Waals surface area contributed by atoms with E-state index < -0.39 is 72.7 Å². The Labute approximate surface area is 170 Å². The molecule has 1 aliphatic heterocycles. The highest BCUT2D eigenvalue weighted by Gasteiger charge is 2.57. The molecule has 0 aliphatic carbocycles. The smallest absolute Gasteiger partial charge is 0.336 e. The summed E-state index contributed by atoms with van der Waals surface area (Å²) in [6.07, 6.45) is -8.07. The summed E-state index contributed by atoms with van der Waals surface area (Å²) in [6, 6.07) is 0. The Bertz CT molecular complexity index is 711. The highest BCUT2D eigenvalue weighted by atomic mass is 19.3. The van der Waals surface area contributed by atoms with E-state index in [1.807, 2.05) is 0 Å². The number of ether oxygens (including phenoxy) is 3. The Morgan fingerprint density at radius 3 is 2.00 bits per heavy atom. The average molecular weight is 441 g/mol. The molecule has 1 atom stereocenters. The number of hydrogen-bond donors (Lipinski definition) is 0. The molecule has 1 rings (SSSR count). The molecule has 8 nitrogen and oxygen atoms in total. The van der Waals surface area contributed by atoms with E-state index in [-0.39, 0.29) is 19.8 Å². The summed E-state index contributed by atoms with van der Waals surface area (Å²) in [6.45, 7) is 1.61. The van der Waals surface area contributed by atoms with Crippen LogP contribution < -0.4 is 0 Å². The summed E-state index contributed by atoms with van der Waals surface area (Å²) in [5.41, 5.74) is -4.54. The van der Waals surface area contributed by atoms with Crippen LogP contribution in [0.3, 0.4) is 0 Å². The van der Waals surface area contributed by atoms with Crippen molar-refractivity contribution in [2.75, 3.05) is 32.9 Å². The highest BCUT2D eigenvalue weighted by Crippen LogP contribution is 2.41. The fraction of sp³-hybridized carbons (Fsp3) is 0.667. The molecular formula is C18H23F4NO7. The van der Waals surface area contributed by atoms with Crippen LogP contribution in [0.1, 0.15) is 27.2 Å². The van der Waals surface area contributed by atoms with Gasteiger partial charge < -0.3 is 19.1 Å². The fourth-order valence-corrected chi connectivity index (χ4v) is 3.10. The Balaban J connectivity index is 3.68. The van der Waals surface area contributed by atoms with Gasteiger partial charge in [-0.3, -0.25) is 14.4 Å². The third kappa shape index (κ3) is 5.48. The number of allylic oxidation sites excluding steroid dienone is 1. The van der Waals surface area contributed by atoms with Crippen LogP contribution in [0.15, 0.2) is 11.3 Å². The summed E-state index contributed by atoms with van der Waals surface area (Å²) in [7, 11) is 0. The second kappa shape index (κ2) is 10.9. The van der Waals surface area contributed by atoms with Crippen LogP contribution in [-0.4, -0.2) is 74.4 Å². The summed E-state index contributed by atoms with van der Waals surface area (Å²) in [5.74, 6) is -5.68. The Kier molecular flexibility index (Phi) is 9.24. The van der Waals surface area contributed by atoms with Crippen molar-refractivity contribution in [2.45, 2.75) is 40.0 Å². The number of esters is 3. The summed E-state index contributed by atoms with van der Waals surface area (Å²) in [5, 5.41) is 0. The van der Waals surface area contributed by atoms with Gasteiger partial charge in [-0.2, -0.15) is 0 Å². The van der Waals surface area contributed by atoms with Crippen LogP contribution >= 0.6 is 0 Å². The van der Waals surface area contributed by atoms with Gasteiger partial charge in [0.2, 0.25) is 5.78 Å². The number of alkyl halides is 4. The van der Waals surface area contributed by atoms with E-state index in [9.17, 15) is 36.7 Å². The van der Waals surface area contributed by atoms with Gasteiger partial charge in [-0.05, 0) is 20.8 Å². The van der Waals surface area contributed by atoms with Gasteiger partial charge in [0.15, 0.2) is 5.41 Å². The lowest BCUT2D eigenvalue weighted by molar-refractivity contribution is -0.168. The van der Waals surface area contributed by atoms with Gasteiger partial charge in [-0.1, -0.05) is 0 Å². The molecule has 0 saturated heterocycles. The Morgan fingerprint density at radius 2 is 1.53 bits per heavy atom. The van der Waals surface area contributed by atoms with Crippen molar-refractivity contribution in [3.63, 3.8) is 0 Å². The van der Waals surface area contributed by atoms with Gasteiger partial charge in [-0.25, -0.2) is 22.4 Å². The fourth-order valence-electron chi connectivity index (χ4n) is 3.10. The molecule has 30 heavy (non-hydrogen) atoms. The molecule has 170 valence electrons. The monoisotopic (exact) mass is 441 g/mol. The molecule has 0 spiro atoms. The molecular weight excluding hydrogens is 418 g/mol. The van der Waals surface area contributed by atoms with Crippen molar-refractivity contribution in [3.05, 3.63) is 11.3 Å². The Hall–Kier alpha value is -2.66. The molecule has 0 amide bonds. The molecule has 0 fully saturated rings. The molecule has 0 saturated carbocycles. The van der Waals surface area contributed by atoms with E-state index in [2.05, 4.69) is 4.74 Å². The zero-order chi connectivity index (χ0) is 23.1. The van der Waals surface area contributed by atoms with Gasteiger partial charge in [0.1, 0.15) is 6.54 Å². The molecule has 0 aromatic carbocycles. The van der Waals surface area contributed by atoms with Crippen molar-refractivity contribution in [1.29, 1.82) is 0 Å². The SMILES string of the molecule is CCOC(=O)CN1CC(C(=O)OCC)(C(=O)C(F)F)CC(C(=O)OCC)=C1C(F)F. The molecule has 0 bridgehead atoms. The zero-order valence-electron chi connectivity index (χ0n) is 16.7. The van der Waals surface area contributed by atoms with Crippen LogP contribution in [0.2, 0.25) is 0 Å². The van der Waals surface area contributed by atoms with Crippen molar-refractivity contribution in [2.24, 2.45) is 5.41 Å². The normalized spacial score (nSPS) is 19.2. The van der Waals surface area contributed by atoms with Gasteiger partial charge in [0.05, 0.1) is 31.1 Å². The first-order chi connectivity index (χ1) is 14.0. The topological polar surface area (TPSA) is 99.2 Å². The number of Topliss-reactive ketones (excluding diaryl/α,β-unsaturated/α-hetero) is 1. The third-order valence-electron chi connectivity index (χ3n) is 4.28. The number of carbonyl (C=O) groups excluding carboxylic acids is 4. The maximum Gasteiger partial charge on any atom is 0.336 e. The predicted molar refractivity (Wildman–Crippen MR) is 92.6 cm³/mol. The standard InChI is InChI=1S/C18H23F4NO7/c1-4-28-11(24)8-23-9-18(13(25)15(21)22,17(27)30-6-3)7-10(12(23)14(19)20)16(26)29-5-2/h14-15H,4-9H2,1-3H3. The summed E-state index contributed by atoms with van der Waals surface area (Å²) in [4.78, 5) is 49.6. The van der Waals surface area contributed by atoms with Gasteiger partial charge in [0, 0.05) is 13.0 Å². The number of ketones is 1. The van der Waals surface area contributed by atoms with Crippen molar-refractivity contribution in [1.82, 2.24) is 4.90 Å². The molecule has 1 aliphatic rings. The quantitative estimate of drug-likeness (QED) is 0.219. The maximum atomic E-state index is 13.8. The van der Waals surface area contributed by atoms with Crippen molar-refractivity contribution in [3.8, 4) is 0 Å². The predicted octanol–water partition coefficient (Wildman–Crippen LogP) is 1.72. The molecule has 1 heterocycles. The lowest BCUT2D eigenvalue weighted by Gasteiger charge is -2.41. The van der Waals surface area contributed by atoms with Crippen molar-refractivity contribution < 1.29 is 51.0 Å². The molecule has 0 radical (unpaired) electrons. The van der Waals surface area contributed by atoms with Gasteiger partial charge in [0.25, 0.3) is 12.9 Å². The first-order valence-electron chi connectivity index (χ1n) is 9.14.